The van der Waals surface area contributed by atoms with Crippen molar-refractivity contribution in [3.05, 3.63) is 72.8 Å². The van der Waals surface area contributed by atoms with Crippen LogP contribution in [0.4, 0.5) is 0 Å². The van der Waals surface area contributed by atoms with Crippen molar-refractivity contribution in [2.75, 3.05) is 19.0 Å². The number of fused-ring (bicyclic) bond motifs is 2. The highest BCUT2D eigenvalue weighted by Gasteiger charge is 2.18. The van der Waals surface area contributed by atoms with Crippen LogP contribution in [0.15, 0.2) is 72.8 Å². The topological polar surface area (TPSA) is 18.5 Å². The first-order chi connectivity index (χ1) is 17.8. The molecule has 0 saturated carbocycles. The molecule has 0 bridgehead atoms. The molecule has 0 aliphatic carbocycles. The molecular weight excluding hydrogens is 460 g/mol. The monoisotopic (exact) mass is 500 g/mol. The van der Waals surface area contributed by atoms with Crippen LogP contribution in [-0.4, -0.2) is 19.0 Å². The maximum Gasteiger partial charge on any atom is 0.127 e. The summed E-state index contributed by atoms with van der Waals surface area (Å²) >= 11 is 4.29. The third-order valence-corrected chi connectivity index (χ3v) is 7.21. The van der Waals surface area contributed by atoms with E-state index in [0.29, 0.717) is 6.61 Å². The molecule has 4 aromatic rings. The van der Waals surface area contributed by atoms with Gasteiger partial charge in [0.05, 0.1) is 13.2 Å². The molecule has 0 amide bonds. The smallest absolute Gasteiger partial charge is 0.127 e. The van der Waals surface area contributed by atoms with Gasteiger partial charge in [0.15, 0.2) is 0 Å². The number of rotatable bonds is 15. The Hall–Kier alpha value is -2.65. The molecule has 0 fully saturated rings. The van der Waals surface area contributed by atoms with E-state index in [0.717, 1.165) is 41.4 Å². The maximum absolute atomic E-state index is 6.49. The van der Waals surface area contributed by atoms with Gasteiger partial charge in [0.25, 0.3) is 0 Å². The van der Waals surface area contributed by atoms with Crippen molar-refractivity contribution < 1.29 is 9.47 Å². The average Bonchev–Trinajstić information content (AvgIpc) is 2.92. The van der Waals surface area contributed by atoms with E-state index in [1.54, 1.807) is 0 Å². The van der Waals surface area contributed by atoms with Crippen LogP contribution in [0.3, 0.4) is 0 Å². The molecule has 190 valence electrons. The van der Waals surface area contributed by atoms with E-state index in [9.17, 15) is 0 Å². The number of hydrogen-bond acceptors (Lipinski definition) is 3. The van der Waals surface area contributed by atoms with Gasteiger partial charge in [-0.05, 0) is 59.2 Å². The van der Waals surface area contributed by atoms with Crippen LogP contribution in [-0.2, 0) is 0 Å². The summed E-state index contributed by atoms with van der Waals surface area (Å²) in [6, 6.07) is 25.7. The van der Waals surface area contributed by atoms with Crippen molar-refractivity contribution in [1.29, 1.82) is 0 Å². The van der Waals surface area contributed by atoms with Gasteiger partial charge in [-0.15, -0.1) is 0 Å². The standard InChI is InChI=1S/C33H40O2S/c1-2-34-30-22-20-26-16-10-12-18-28(26)32(30)33-29-19-13-11-17-27(29)21-23-31(33)35-24-14-8-6-4-3-5-7-9-15-25-36/h10-13,16-23,36H,2-9,14-15,24-25H2,1H3. The largest absolute Gasteiger partial charge is 0.493 e. The van der Waals surface area contributed by atoms with Crippen molar-refractivity contribution in [1.82, 2.24) is 0 Å². The molecule has 0 N–H and O–H groups in total. The minimum atomic E-state index is 0.626. The minimum absolute atomic E-state index is 0.626. The van der Waals surface area contributed by atoms with Crippen LogP contribution in [0.25, 0.3) is 32.7 Å². The Bertz CT molecular complexity index is 1230. The summed E-state index contributed by atoms with van der Waals surface area (Å²) < 4.78 is 12.6. The van der Waals surface area contributed by atoms with E-state index >= 15 is 0 Å². The molecule has 36 heavy (non-hydrogen) atoms. The lowest BCUT2D eigenvalue weighted by Gasteiger charge is -2.19. The van der Waals surface area contributed by atoms with Crippen LogP contribution < -0.4 is 9.47 Å². The zero-order valence-electron chi connectivity index (χ0n) is 21.7. The molecule has 0 spiro atoms. The highest BCUT2D eigenvalue weighted by Crippen LogP contribution is 2.45. The van der Waals surface area contributed by atoms with Gasteiger partial charge in [0, 0.05) is 11.1 Å². The first kappa shape index (κ1) is 26.4. The lowest BCUT2D eigenvalue weighted by Crippen LogP contribution is -2.01. The highest BCUT2D eigenvalue weighted by atomic mass is 32.1. The number of benzene rings is 4. The Labute approximate surface area is 222 Å². The van der Waals surface area contributed by atoms with Crippen molar-refractivity contribution in [3.63, 3.8) is 0 Å². The molecule has 0 saturated heterocycles. The second kappa shape index (κ2) is 14.2. The van der Waals surface area contributed by atoms with E-state index in [1.165, 1.54) is 72.9 Å². The minimum Gasteiger partial charge on any atom is -0.493 e. The Morgan fingerprint density at radius 3 is 1.53 bits per heavy atom. The van der Waals surface area contributed by atoms with Crippen LogP contribution >= 0.6 is 12.6 Å². The summed E-state index contributed by atoms with van der Waals surface area (Å²) in [7, 11) is 0. The molecule has 4 rings (SSSR count). The Kier molecular flexibility index (Phi) is 10.4. The van der Waals surface area contributed by atoms with Crippen molar-refractivity contribution in [2.24, 2.45) is 0 Å². The summed E-state index contributed by atoms with van der Waals surface area (Å²) in [4.78, 5) is 0. The summed E-state index contributed by atoms with van der Waals surface area (Å²) in [5.74, 6) is 2.87. The summed E-state index contributed by atoms with van der Waals surface area (Å²) in [6.45, 7) is 3.41. The lowest BCUT2D eigenvalue weighted by molar-refractivity contribution is 0.305. The Morgan fingerprint density at radius 2 is 1.00 bits per heavy atom. The number of unbranched alkanes of at least 4 members (excludes halogenated alkanes) is 8. The fourth-order valence-corrected chi connectivity index (χ4v) is 5.27. The highest BCUT2D eigenvalue weighted by molar-refractivity contribution is 7.80. The van der Waals surface area contributed by atoms with E-state index in [-0.39, 0.29) is 0 Å². The first-order valence-electron chi connectivity index (χ1n) is 13.7. The average molecular weight is 501 g/mol. The first-order valence-corrected chi connectivity index (χ1v) is 14.4. The molecule has 0 heterocycles. The van der Waals surface area contributed by atoms with Gasteiger partial charge in [-0.2, -0.15) is 12.6 Å². The van der Waals surface area contributed by atoms with Crippen LogP contribution in [0.2, 0.25) is 0 Å². The third-order valence-electron chi connectivity index (χ3n) is 6.89. The van der Waals surface area contributed by atoms with Gasteiger partial charge >= 0.3 is 0 Å². The van der Waals surface area contributed by atoms with Gasteiger partial charge < -0.3 is 9.47 Å². The van der Waals surface area contributed by atoms with Crippen molar-refractivity contribution in [2.45, 2.75) is 64.7 Å². The predicted octanol–water partition coefficient (Wildman–Crippen LogP) is 9.88. The molecule has 0 aliphatic rings. The summed E-state index contributed by atoms with van der Waals surface area (Å²) in [5.41, 5.74) is 2.26. The molecule has 2 nitrogen and oxygen atoms in total. The molecule has 0 unspecified atom stereocenters. The molecule has 0 radical (unpaired) electrons. The Balaban J connectivity index is 1.51. The zero-order chi connectivity index (χ0) is 25.0. The number of thiol groups is 1. The van der Waals surface area contributed by atoms with E-state index in [4.69, 9.17) is 9.47 Å². The summed E-state index contributed by atoms with van der Waals surface area (Å²) in [6.07, 6.45) is 11.6. The van der Waals surface area contributed by atoms with Gasteiger partial charge in [-0.3, -0.25) is 0 Å². The zero-order valence-corrected chi connectivity index (χ0v) is 22.6. The van der Waals surface area contributed by atoms with Gasteiger partial charge in [0.1, 0.15) is 11.5 Å². The fourth-order valence-electron chi connectivity index (χ4n) is 5.05. The molecule has 0 atom stereocenters. The molecule has 0 aliphatic heterocycles. The molecule has 0 aromatic heterocycles. The van der Waals surface area contributed by atoms with Gasteiger partial charge in [-0.25, -0.2) is 0 Å². The lowest BCUT2D eigenvalue weighted by atomic mass is 9.92. The molecular formula is C33H40O2S. The summed E-state index contributed by atoms with van der Waals surface area (Å²) in [5, 5.41) is 4.81. The quantitative estimate of drug-likeness (QED) is 0.129. The SMILES string of the molecule is CCOc1ccc2ccccc2c1-c1c(OCCCCCCCCCCCS)ccc2ccccc12. The fraction of sp³-hybridized carbons (Fsp3) is 0.394. The van der Waals surface area contributed by atoms with Gasteiger partial charge in [-0.1, -0.05) is 106 Å². The Morgan fingerprint density at radius 1 is 0.528 bits per heavy atom. The number of hydrogen-bond donors (Lipinski definition) is 1. The second-order valence-electron chi connectivity index (χ2n) is 9.51. The molecule has 4 aromatic carbocycles. The predicted molar refractivity (Wildman–Crippen MR) is 159 cm³/mol. The third kappa shape index (κ3) is 6.76. The van der Waals surface area contributed by atoms with Crippen LogP contribution in [0.1, 0.15) is 64.7 Å². The second-order valence-corrected chi connectivity index (χ2v) is 9.95. The van der Waals surface area contributed by atoms with Crippen molar-refractivity contribution in [3.8, 4) is 22.6 Å². The normalized spacial score (nSPS) is 11.3. The number of ether oxygens (including phenoxy) is 2. The van der Waals surface area contributed by atoms with E-state index in [2.05, 4.69) is 85.4 Å². The van der Waals surface area contributed by atoms with Crippen molar-refractivity contribution >= 4 is 34.2 Å². The maximum atomic E-state index is 6.49. The van der Waals surface area contributed by atoms with Crippen LogP contribution in [0, 0.1) is 0 Å². The molecule has 3 heteroatoms. The van der Waals surface area contributed by atoms with E-state index < -0.39 is 0 Å². The van der Waals surface area contributed by atoms with Crippen LogP contribution in [0.5, 0.6) is 11.5 Å². The van der Waals surface area contributed by atoms with Gasteiger partial charge in [0.2, 0.25) is 0 Å². The van der Waals surface area contributed by atoms with E-state index in [1.807, 2.05) is 6.92 Å².